The smallest absolute Gasteiger partial charge is 0.269 e. The molecule has 0 saturated heterocycles. The molecule has 0 heterocycles. The van der Waals surface area contributed by atoms with Crippen molar-refractivity contribution in [1.82, 2.24) is 10.2 Å². The quantitative estimate of drug-likeness (QED) is 0.116. The Labute approximate surface area is 284 Å². The lowest BCUT2D eigenvalue weighted by molar-refractivity contribution is -0.384. The van der Waals surface area contributed by atoms with Gasteiger partial charge in [0.25, 0.3) is 15.7 Å². The van der Waals surface area contributed by atoms with Crippen LogP contribution in [-0.4, -0.2) is 48.7 Å². The first-order valence-corrected chi connectivity index (χ1v) is 17.0. The molecule has 246 valence electrons. The van der Waals surface area contributed by atoms with E-state index in [1.54, 1.807) is 30.3 Å². The second-order valence-electron chi connectivity index (χ2n) is 10.9. The van der Waals surface area contributed by atoms with Crippen LogP contribution in [0, 0.1) is 10.1 Å². The Morgan fingerprint density at radius 2 is 1.53 bits per heavy atom. The number of halogens is 2. The highest BCUT2D eigenvalue weighted by Crippen LogP contribution is 2.28. The van der Waals surface area contributed by atoms with Crippen LogP contribution >= 0.6 is 23.2 Å². The number of hydrogen-bond donors (Lipinski definition) is 1. The van der Waals surface area contributed by atoms with E-state index in [9.17, 15) is 28.1 Å². The topological polar surface area (TPSA) is 130 Å². The highest BCUT2D eigenvalue weighted by atomic mass is 35.5. The van der Waals surface area contributed by atoms with Crippen molar-refractivity contribution in [3.05, 3.63) is 134 Å². The molecule has 0 fully saturated rings. The fourth-order valence-corrected chi connectivity index (χ4v) is 6.72. The molecule has 0 saturated carbocycles. The van der Waals surface area contributed by atoms with Crippen LogP contribution in [0.4, 0.5) is 11.4 Å². The number of nitrogens with zero attached hydrogens (tertiary/aromatic N) is 3. The number of non-ortho nitro benzene ring substituents is 1. The highest BCUT2D eigenvalue weighted by molar-refractivity contribution is 7.92. The predicted molar refractivity (Wildman–Crippen MR) is 183 cm³/mol. The van der Waals surface area contributed by atoms with Crippen LogP contribution in [-0.2, 0) is 32.6 Å². The normalized spacial score (nSPS) is 12.5. The molecule has 0 aromatic heterocycles. The van der Waals surface area contributed by atoms with Crippen molar-refractivity contribution in [1.29, 1.82) is 0 Å². The minimum atomic E-state index is -4.36. The van der Waals surface area contributed by atoms with Crippen LogP contribution in [0.5, 0.6) is 0 Å². The van der Waals surface area contributed by atoms with E-state index < -0.39 is 39.3 Å². The number of hydrogen-bond acceptors (Lipinski definition) is 6. The van der Waals surface area contributed by atoms with Gasteiger partial charge in [-0.15, -0.1) is 0 Å². The monoisotopic (exact) mass is 696 g/mol. The van der Waals surface area contributed by atoms with Crippen molar-refractivity contribution < 1.29 is 22.9 Å². The zero-order chi connectivity index (χ0) is 34.1. The molecule has 2 amide bonds. The Kier molecular flexibility index (Phi) is 12.0. The summed E-state index contributed by atoms with van der Waals surface area (Å²) in [5, 5.41) is 14.9. The summed E-state index contributed by atoms with van der Waals surface area (Å²) in [6, 6.07) is 25.1. The van der Waals surface area contributed by atoms with Crippen LogP contribution in [0.1, 0.15) is 31.4 Å². The molecular formula is C34H34Cl2N4O6S. The molecule has 13 heteroatoms. The summed E-state index contributed by atoms with van der Waals surface area (Å²) in [5.41, 5.74) is 1.05. The van der Waals surface area contributed by atoms with E-state index >= 15 is 0 Å². The van der Waals surface area contributed by atoms with E-state index in [4.69, 9.17) is 23.2 Å². The largest absolute Gasteiger partial charge is 0.352 e. The molecule has 4 rings (SSSR count). The molecular weight excluding hydrogens is 663 g/mol. The van der Waals surface area contributed by atoms with E-state index in [-0.39, 0.29) is 40.3 Å². The molecule has 0 radical (unpaired) electrons. The van der Waals surface area contributed by atoms with Crippen molar-refractivity contribution in [2.24, 2.45) is 0 Å². The summed E-state index contributed by atoms with van der Waals surface area (Å²) < 4.78 is 29.0. The lowest BCUT2D eigenvalue weighted by Gasteiger charge is -2.34. The summed E-state index contributed by atoms with van der Waals surface area (Å²) in [6.07, 6.45) is 0.771. The van der Waals surface area contributed by atoms with Gasteiger partial charge in [0.05, 0.1) is 15.5 Å². The summed E-state index contributed by atoms with van der Waals surface area (Å²) >= 11 is 12.7. The van der Waals surface area contributed by atoms with Gasteiger partial charge >= 0.3 is 0 Å². The van der Waals surface area contributed by atoms with Crippen LogP contribution in [0.15, 0.2) is 108 Å². The number of nitro benzene ring substituents is 1. The van der Waals surface area contributed by atoms with Crippen molar-refractivity contribution in [3.63, 3.8) is 0 Å². The molecule has 0 spiro atoms. The number of sulfonamides is 1. The number of nitrogens with one attached hydrogen (secondary N) is 1. The number of carbonyl (C=O) groups excluding carboxylic acids is 2. The highest BCUT2D eigenvalue weighted by Gasteiger charge is 2.35. The Morgan fingerprint density at radius 3 is 2.11 bits per heavy atom. The third-order valence-electron chi connectivity index (χ3n) is 7.59. The van der Waals surface area contributed by atoms with E-state index in [2.05, 4.69) is 5.32 Å². The third-order valence-corrected chi connectivity index (χ3v) is 9.96. The van der Waals surface area contributed by atoms with Gasteiger partial charge in [-0.3, -0.25) is 24.0 Å². The van der Waals surface area contributed by atoms with Gasteiger partial charge in [-0.2, -0.15) is 0 Å². The summed E-state index contributed by atoms with van der Waals surface area (Å²) in [7, 11) is -4.36. The summed E-state index contributed by atoms with van der Waals surface area (Å²) in [4.78, 5) is 40.4. The van der Waals surface area contributed by atoms with Crippen LogP contribution in [0.25, 0.3) is 0 Å². The van der Waals surface area contributed by atoms with Gasteiger partial charge in [0, 0.05) is 41.2 Å². The molecule has 4 aromatic rings. The second kappa shape index (κ2) is 15.9. The van der Waals surface area contributed by atoms with E-state index in [1.165, 1.54) is 35.2 Å². The molecule has 1 N–H and O–H groups in total. The third kappa shape index (κ3) is 9.09. The number of benzene rings is 4. The van der Waals surface area contributed by atoms with Gasteiger partial charge in [-0.25, -0.2) is 8.42 Å². The zero-order valence-electron chi connectivity index (χ0n) is 25.8. The number of carbonyl (C=O) groups is 2. The summed E-state index contributed by atoms with van der Waals surface area (Å²) in [6.45, 7) is 2.91. The van der Waals surface area contributed by atoms with Gasteiger partial charge in [0.1, 0.15) is 12.6 Å². The maximum absolute atomic E-state index is 14.5. The van der Waals surface area contributed by atoms with Crippen molar-refractivity contribution in [2.45, 2.75) is 50.2 Å². The first-order chi connectivity index (χ1) is 22.4. The maximum atomic E-state index is 14.5. The van der Waals surface area contributed by atoms with Crippen LogP contribution in [0.2, 0.25) is 10.0 Å². The second-order valence-corrected chi connectivity index (χ2v) is 13.6. The standard InChI is InChI=1S/C34H34Cl2N4O6S/c1-3-24(2)37-34(42)32(20-25-10-6-4-7-11-25)38(22-26-14-15-27(35)21-31(26)36)33(41)23-39(28-16-18-29(19-17-28)40(43)44)47(45,46)30-12-8-5-9-13-30/h4-19,21,24,32H,3,20,22-23H2,1-2H3,(H,37,42)/t24-,32-/m0/s1. The Morgan fingerprint density at radius 1 is 0.915 bits per heavy atom. The first-order valence-electron chi connectivity index (χ1n) is 14.8. The molecule has 0 aliphatic rings. The Hall–Kier alpha value is -4.45. The van der Waals surface area contributed by atoms with Gasteiger partial charge in [-0.05, 0) is 60.9 Å². The SMILES string of the molecule is CC[C@H](C)NC(=O)[C@H](Cc1ccccc1)N(Cc1ccc(Cl)cc1Cl)C(=O)CN(c1ccc([N+](=O)[O-])cc1)S(=O)(=O)c1ccccc1. The zero-order valence-corrected chi connectivity index (χ0v) is 28.1. The lowest BCUT2D eigenvalue weighted by atomic mass is 10.0. The average molecular weight is 698 g/mol. The molecule has 0 bridgehead atoms. The lowest BCUT2D eigenvalue weighted by Crippen LogP contribution is -2.54. The molecule has 47 heavy (non-hydrogen) atoms. The number of amides is 2. The molecule has 0 aliphatic carbocycles. The van der Waals surface area contributed by atoms with Crippen LogP contribution < -0.4 is 9.62 Å². The molecule has 0 unspecified atom stereocenters. The van der Waals surface area contributed by atoms with Crippen molar-refractivity contribution in [2.75, 3.05) is 10.8 Å². The summed E-state index contributed by atoms with van der Waals surface area (Å²) in [5.74, 6) is -1.12. The van der Waals surface area contributed by atoms with Crippen LogP contribution in [0.3, 0.4) is 0 Å². The predicted octanol–water partition coefficient (Wildman–Crippen LogP) is 6.65. The van der Waals surface area contributed by atoms with Gasteiger partial charge in [0.2, 0.25) is 11.8 Å². The Bertz CT molecular complexity index is 1810. The van der Waals surface area contributed by atoms with E-state index in [1.807, 2.05) is 44.2 Å². The number of anilines is 1. The van der Waals surface area contributed by atoms with Crippen molar-refractivity contribution >= 4 is 56.4 Å². The maximum Gasteiger partial charge on any atom is 0.269 e. The van der Waals surface area contributed by atoms with Gasteiger partial charge in [-0.1, -0.05) is 84.7 Å². The van der Waals surface area contributed by atoms with Crippen molar-refractivity contribution in [3.8, 4) is 0 Å². The fraction of sp³-hybridized carbons (Fsp3) is 0.235. The molecule has 0 aliphatic heterocycles. The average Bonchev–Trinajstić information content (AvgIpc) is 3.06. The van der Waals surface area contributed by atoms with E-state index in [0.29, 0.717) is 17.0 Å². The van der Waals surface area contributed by atoms with Gasteiger partial charge in [0.15, 0.2) is 0 Å². The van der Waals surface area contributed by atoms with Gasteiger partial charge < -0.3 is 10.2 Å². The van der Waals surface area contributed by atoms with E-state index in [0.717, 1.165) is 22.0 Å². The first kappa shape index (κ1) is 35.4. The molecule has 2 atom stereocenters. The molecule has 10 nitrogen and oxygen atoms in total. The Balaban J connectivity index is 1.83. The fourth-order valence-electron chi connectivity index (χ4n) is 4.82. The minimum Gasteiger partial charge on any atom is -0.352 e. The number of rotatable bonds is 14. The number of nitro groups is 1. The minimum absolute atomic E-state index is 0.0287. The molecule has 4 aromatic carbocycles.